The van der Waals surface area contributed by atoms with E-state index < -0.39 is 16.9 Å². The number of carbonyl (C=O) groups excluding carboxylic acids is 1. The number of amides is 1. The van der Waals surface area contributed by atoms with Crippen LogP contribution in [0.2, 0.25) is 5.15 Å². The molecule has 0 bridgehead atoms. The molecule has 0 aliphatic carbocycles. The summed E-state index contributed by atoms with van der Waals surface area (Å²) in [6.07, 6.45) is 0. The van der Waals surface area contributed by atoms with Gasteiger partial charge in [0, 0.05) is 36.6 Å². The van der Waals surface area contributed by atoms with E-state index in [1.807, 2.05) is 43.3 Å². The van der Waals surface area contributed by atoms with Crippen molar-refractivity contribution in [3.05, 3.63) is 65.5 Å². The summed E-state index contributed by atoms with van der Waals surface area (Å²) in [6.45, 7) is 0. The lowest BCUT2D eigenvalue weighted by atomic mass is 10.2. The van der Waals surface area contributed by atoms with Gasteiger partial charge in [-0.25, -0.2) is 9.19 Å². The van der Waals surface area contributed by atoms with Crippen molar-refractivity contribution >= 4 is 56.1 Å². The maximum Gasteiger partial charge on any atom is 0.298 e. The molecule has 0 radical (unpaired) electrons. The van der Waals surface area contributed by atoms with Crippen molar-refractivity contribution in [3.8, 4) is 0 Å². The molecule has 1 unspecified atom stereocenters. The van der Waals surface area contributed by atoms with Gasteiger partial charge in [-0.05, 0) is 36.4 Å². The Balaban J connectivity index is 1.62. The number of aromatic nitrogens is 1. The maximum absolute atomic E-state index is 12.8. The molecule has 0 spiro atoms. The molecular formula is C20H16ClN3O3S. The fraction of sp³-hybridized carbons (Fsp3) is 0.100. The third-order valence-electron chi connectivity index (χ3n) is 4.28. The summed E-state index contributed by atoms with van der Waals surface area (Å²) in [6, 6.07) is 16.0. The highest BCUT2D eigenvalue weighted by Crippen LogP contribution is 2.25. The molecule has 8 heteroatoms. The van der Waals surface area contributed by atoms with Crippen LogP contribution in [0.3, 0.4) is 0 Å². The van der Waals surface area contributed by atoms with Crippen molar-refractivity contribution in [3.63, 3.8) is 0 Å². The van der Waals surface area contributed by atoms with Crippen molar-refractivity contribution in [1.82, 2.24) is 9.71 Å². The fourth-order valence-electron chi connectivity index (χ4n) is 2.85. The molecule has 28 heavy (non-hydrogen) atoms. The van der Waals surface area contributed by atoms with E-state index in [0.717, 1.165) is 16.5 Å². The molecule has 4 aromatic rings. The van der Waals surface area contributed by atoms with Crippen LogP contribution in [-0.4, -0.2) is 29.2 Å². The number of nitrogens with one attached hydrogen (secondary N) is 1. The first-order valence-corrected chi connectivity index (χ1v) is 9.94. The molecular weight excluding hydrogens is 398 g/mol. The molecule has 4 rings (SSSR count). The summed E-state index contributed by atoms with van der Waals surface area (Å²) < 4.78 is 20.9. The largest absolute Gasteiger partial charge is 0.451 e. The molecule has 142 valence electrons. The van der Waals surface area contributed by atoms with Gasteiger partial charge < -0.3 is 9.32 Å². The molecule has 0 aliphatic rings. The van der Waals surface area contributed by atoms with Gasteiger partial charge in [-0.3, -0.25) is 9.52 Å². The Labute approximate surface area is 168 Å². The fourth-order valence-corrected chi connectivity index (χ4v) is 3.91. The minimum atomic E-state index is -1.82. The number of rotatable bonds is 4. The number of para-hydroxylation sites is 1. The van der Waals surface area contributed by atoms with Crippen LogP contribution in [-0.2, 0) is 11.0 Å². The van der Waals surface area contributed by atoms with Crippen LogP contribution in [0.4, 0.5) is 5.69 Å². The van der Waals surface area contributed by atoms with E-state index in [9.17, 15) is 9.00 Å². The van der Waals surface area contributed by atoms with Crippen molar-refractivity contribution in [1.29, 1.82) is 0 Å². The van der Waals surface area contributed by atoms with Gasteiger partial charge in [0.05, 0.1) is 10.4 Å². The quantitative estimate of drug-likeness (QED) is 0.508. The summed E-state index contributed by atoms with van der Waals surface area (Å²) >= 11 is 5.96. The second kappa shape index (κ2) is 7.26. The second-order valence-corrected chi connectivity index (χ2v) is 7.96. The van der Waals surface area contributed by atoms with Crippen LogP contribution >= 0.6 is 11.6 Å². The predicted octanol–water partition coefficient (Wildman–Crippen LogP) is 4.15. The number of hydrogen-bond acceptors (Lipinski definition) is 5. The first-order valence-electron chi connectivity index (χ1n) is 8.41. The van der Waals surface area contributed by atoms with Gasteiger partial charge in [0.15, 0.2) is 16.7 Å². The number of anilines is 1. The number of furan rings is 1. The van der Waals surface area contributed by atoms with Crippen LogP contribution in [0.15, 0.2) is 63.9 Å². The predicted molar refractivity (Wildman–Crippen MR) is 111 cm³/mol. The molecule has 2 heterocycles. The number of fused-ring (bicyclic) bond motifs is 2. The SMILES string of the molecule is CN(C)c1ccc2cc(C(=O)NS(=O)c3cccc4ccc(Cl)nc34)oc2c1. The van der Waals surface area contributed by atoms with Gasteiger partial charge in [-0.1, -0.05) is 23.7 Å². The van der Waals surface area contributed by atoms with Gasteiger partial charge >= 0.3 is 0 Å². The summed E-state index contributed by atoms with van der Waals surface area (Å²) in [5.41, 5.74) is 2.02. The Morgan fingerprint density at radius 1 is 1.11 bits per heavy atom. The van der Waals surface area contributed by atoms with Gasteiger partial charge in [-0.15, -0.1) is 0 Å². The summed E-state index contributed by atoms with van der Waals surface area (Å²) in [5, 5.41) is 1.86. The van der Waals surface area contributed by atoms with Crippen molar-refractivity contribution in [2.75, 3.05) is 19.0 Å². The maximum atomic E-state index is 12.8. The molecule has 2 aromatic carbocycles. The number of pyridine rings is 1. The molecule has 1 N–H and O–H groups in total. The topological polar surface area (TPSA) is 75.4 Å². The molecule has 2 aromatic heterocycles. The highest BCUT2D eigenvalue weighted by atomic mass is 35.5. The second-order valence-electron chi connectivity index (χ2n) is 6.39. The molecule has 1 amide bonds. The van der Waals surface area contributed by atoms with Crippen LogP contribution in [0, 0.1) is 0 Å². The summed E-state index contributed by atoms with van der Waals surface area (Å²) in [7, 11) is 2.02. The Hall–Kier alpha value is -2.90. The summed E-state index contributed by atoms with van der Waals surface area (Å²) in [5.74, 6) is -0.481. The average Bonchev–Trinajstić information content (AvgIpc) is 3.10. The van der Waals surface area contributed by atoms with Crippen LogP contribution < -0.4 is 9.62 Å². The first-order chi connectivity index (χ1) is 13.4. The van der Waals surface area contributed by atoms with Gasteiger partial charge in [0.2, 0.25) is 0 Å². The number of nitrogens with zero attached hydrogens (tertiary/aromatic N) is 2. The Morgan fingerprint density at radius 3 is 2.68 bits per heavy atom. The molecule has 1 atom stereocenters. The van der Waals surface area contributed by atoms with E-state index in [1.165, 1.54) is 0 Å². The Bertz CT molecular complexity index is 1240. The zero-order chi connectivity index (χ0) is 19.8. The van der Waals surface area contributed by atoms with E-state index in [1.54, 1.807) is 30.3 Å². The zero-order valence-electron chi connectivity index (χ0n) is 15.1. The lowest BCUT2D eigenvalue weighted by Gasteiger charge is -2.11. The van der Waals surface area contributed by atoms with E-state index in [-0.39, 0.29) is 10.9 Å². The van der Waals surface area contributed by atoms with Crippen LogP contribution in [0.25, 0.3) is 21.9 Å². The number of hydrogen-bond donors (Lipinski definition) is 1. The number of halogens is 1. The molecule has 0 fully saturated rings. The highest BCUT2D eigenvalue weighted by molar-refractivity contribution is 7.84. The van der Waals surface area contributed by atoms with Gasteiger partial charge in [-0.2, -0.15) is 0 Å². The van der Waals surface area contributed by atoms with Gasteiger partial charge in [0.25, 0.3) is 5.91 Å². The number of benzene rings is 2. The summed E-state index contributed by atoms with van der Waals surface area (Å²) in [4.78, 5) is 19.1. The first kappa shape index (κ1) is 18.5. The average molecular weight is 414 g/mol. The van der Waals surface area contributed by atoms with E-state index in [0.29, 0.717) is 16.0 Å². The third-order valence-corrected chi connectivity index (χ3v) is 5.59. The van der Waals surface area contributed by atoms with E-state index in [2.05, 4.69) is 9.71 Å². The van der Waals surface area contributed by atoms with Crippen molar-refractivity contribution in [2.45, 2.75) is 4.90 Å². The molecule has 0 saturated carbocycles. The number of carbonyl (C=O) groups is 1. The highest BCUT2D eigenvalue weighted by Gasteiger charge is 2.18. The third kappa shape index (κ3) is 3.46. The molecule has 0 aliphatic heterocycles. The standard InChI is InChI=1S/C20H16ClN3O3S/c1-24(2)14-8-6-13-10-16(27-15(13)11-14)20(25)23-28(26)17-5-3-4-12-7-9-18(21)22-19(12)17/h3-11H,1-2H3,(H,23,25). The normalized spacial score (nSPS) is 12.2. The Kier molecular flexibility index (Phi) is 4.78. The van der Waals surface area contributed by atoms with Crippen LogP contribution in [0.1, 0.15) is 10.6 Å². The van der Waals surface area contributed by atoms with Gasteiger partial charge in [0.1, 0.15) is 10.7 Å². The van der Waals surface area contributed by atoms with Crippen molar-refractivity contribution in [2.24, 2.45) is 0 Å². The molecule has 0 saturated heterocycles. The molecule has 6 nitrogen and oxygen atoms in total. The van der Waals surface area contributed by atoms with Crippen molar-refractivity contribution < 1.29 is 13.4 Å². The Morgan fingerprint density at radius 2 is 1.89 bits per heavy atom. The minimum Gasteiger partial charge on any atom is -0.451 e. The van der Waals surface area contributed by atoms with E-state index in [4.69, 9.17) is 16.0 Å². The monoisotopic (exact) mass is 413 g/mol. The zero-order valence-corrected chi connectivity index (χ0v) is 16.7. The van der Waals surface area contributed by atoms with Crippen LogP contribution in [0.5, 0.6) is 0 Å². The minimum absolute atomic E-state index is 0.0884. The smallest absolute Gasteiger partial charge is 0.298 e. The lowest BCUT2D eigenvalue weighted by molar-refractivity contribution is 0.0958. The van der Waals surface area contributed by atoms with E-state index >= 15 is 0 Å². The lowest BCUT2D eigenvalue weighted by Crippen LogP contribution is -2.25.